The van der Waals surface area contributed by atoms with Crippen LogP contribution in [-0.2, 0) is 4.74 Å². The number of hydrogen-bond donors (Lipinski definition) is 1. The second-order valence-corrected chi connectivity index (χ2v) is 5.62. The Morgan fingerprint density at radius 3 is 3.00 bits per heavy atom. The number of nitrogens with zero attached hydrogens (tertiary/aromatic N) is 2. The Morgan fingerprint density at radius 2 is 2.29 bits per heavy atom. The SMILES string of the molecule is N#CC1CNCCN1C1CCOC2(CCC2)C1. The van der Waals surface area contributed by atoms with Crippen LogP contribution in [0.5, 0.6) is 0 Å². The third kappa shape index (κ3) is 2.08. The highest BCUT2D eigenvalue weighted by molar-refractivity contribution is 5.03. The monoisotopic (exact) mass is 235 g/mol. The lowest BCUT2D eigenvalue weighted by Crippen LogP contribution is -2.59. The Bertz CT molecular complexity index is 321. The van der Waals surface area contributed by atoms with E-state index in [1.54, 1.807) is 0 Å². The minimum Gasteiger partial charge on any atom is -0.375 e. The first kappa shape index (κ1) is 11.5. The lowest BCUT2D eigenvalue weighted by atomic mass is 9.73. The second kappa shape index (κ2) is 4.56. The summed E-state index contributed by atoms with van der Waals surface area (Å²) in [5.41, 5.74) is 0.188. The number of hydrogen-bond acceptors (Lipinski definition) is 4. The summed E-state index contributed by atoms with van der Waals surface area (Å²) in [5.74, 6) is 0. The molecule has 1 aliphatic carbocycles. The molecule has 2 aliphatic heterocycles. The van der Waals surface area contributed by atoms with Gasteiger partial charge in [-0.05, 0) is 32.1 Å². The lowest BCUT2D eigenvalue weighted by Gasteiger charge is -2.51. The third-order valence-electron chi connectivity index (χ3n) is 4.63. The Kier molecular flexibility index (Phi) is 3.08. The van der Waals surface area contributed by atoms with Crippen LogP contribution < -0.4 is 5.32 Å². The van der Waals surface area contributed by atoms with E-state index < -0.39 is 0 Å². The van der Waals surface area contributed by atoms with E-state index in [2.05, 4.69) is 16.3 Å². The topological polar surface area (TPSA) is 48.3 Å². The van der Waals surface area contributed by atoms with Crippen molar-refractivity contribution in [3.8, 4) is 6.07 Å². The molecule has 0 bridgehead atoms. The number of nitrogens with one attached hydrogen (secondary N) is 1. The molecule has 1 spiro atoms. The third-order valence-corrected chi connectivity index (χ3v) is 4.63. The maximum Gasteiger partial charge on any atom is 0.111 e. The quantitative estimate of drug-likeness (QED) is 0.733. The zero-order valence-corrected chi connectivity index (χ0v) is 10.3. The van der Waals surface area contributed by atoms with Gasteiger partial charge in [-0.1, -0.05) is 0 Å². The molecule has 0 aromatic carbocycles. The molecule has 2 heterocycles. The van der Waals surface area contributed by atoms with Gasteiger partial charge in [0.05, 0.1) is 11.7 Å². The van der Waals surface area contributed by atoms with Crippen molar-refractivity contribution >= 4 is 0 Å². The normalized spacial score (nSPS) is 37.4. The van der Waals surface area contributed by atoms with Gasteiger partial charge in [0, 0.05) is 32.3 Å². The van der Waals surface area contributed by atoms with Gasteiger partial charge in [0.25, 0.3) is 0 Å². The molecule has 4 heteroatoms. The van der Waals surface area contributed by atoms with E-state index >= 15 is 0 Å². The maximum absolute atomic E-state index is 9.23. The minimum absolute atomic E-state index is 0.0592. The van der Waals surface area contributed by atoms with Crippen LogP contribution in [0.1, 0.15) is 32.1 Å². The molecule has 94 valence electrons. The Labute approximate surface area is 103 Å². The first-order valence-corrected chi connectivity index (χ1v) is 6.83. The largest absolute Gasteiger partial charge is 0.375 e. The molecule has 4 nitrogen and oxygen atoms in total. The molecule has 2 atom stereocenters. The summed E-state index contributed by atoms with van der Waals surface area (Å²) in [4.78, 5) is 2.42. The highest BCUT2D eigenvalue weighted by Gasteiger charge is 2.45. The van der Waals surface area contributed by atoms with E-state index in [9.17, 15) is 5.26 Å². The van der Waals surface area contributed by atoms with Gasteiger partial charge in [0.15, 0.2) is 0 Å². The maximum atomic E-state index is 9.23. The van der Waals surface area contributed by atoms with Crippen molar-refractivity contribution in [1.29, 1.82) is 5.26 Å². The summed E-state index contributed by atoms with van der Waals surface area (Å²) < 4.78 is 5.97. The van der Waals surface area contributed by atoms with E-state index in [-0.39, 0.29) is 11.6 Å². The number of nitriles is 1. The molecule has 1 N–H and O–H groups in total. The summed E-state index contributed by atoms with van der Waals surface area (Å²) in [6.07, 6.45) is 6.01. The molecule has 0 aromatic rings. The molecular weight excluding hydrogens is 214 g/mol. The fraction of sp³-hybridized carbons (Fsp3) is 0.923. The van der Waals surface area contributed by atoms with Crippen molar-refractivity contribution in [2.75, 3.05) is 26.2 Å². The van der Waals surface area contributed by atoms with Gasteiger partial charge < -0.3 is 10.1 Å². The molecule has 0 radical (unpaired) electrons. The van der Waals surface area contributed by atoms with Gasteiger partial charge >= 0.3 is 0 Å². The molecule has 0 aromatic heterocycles. The average Bonchev–Trinajstić information content (AvgIpc) is 2.37. The van der Waals surface area contributed by atoms with Crippen LogP contribution in [0.15, 0.2) is 0 Å². The van der Waals surface area contributed by atoms with Gasteiger partial charge in [-0.2, -0.15) is 5.26 Å². The van der Waals surface area contributed by atoms with E-state index in [0.29, 0.717) is 6.04 Å². The summed E-state index contributed by atoms with van der Waals surface area (Å²) >= 11 is 0. The van der Waals surface area contributed by atoms with Crippen LogP contribution in [0.2, 0.25) is 0 Å². The van der Waals surface area contributed by atoms with Gasteiger partial charge in [0.1, 0.15) is 6.04 Å². The Morgan fingerprint density at radius 1 is 1.41 bits per heavy atom. The van der Waals surface area contributed by atoms with E-state index in [1.807, 2.05) is 0 Å². The summed E-state index contributed by atoms with van der Waals surface area (Å²) in [7, 11) is 0. The van der Waals surface area contributed by atoms with Gasteiger partial charge in [0.2, 0.25) is 0 Å². The van der Waals surface area contributed by atoms with E-state index in [4.69, 9.17) is 4.74 Å². The fourth-order valence-corrected chi connectivity index (χ4v) is 3.48. The second-order valence-electron chi connectivity index (χ2n) is 5.62. The van der Waals surface area contributed by atoms with Crippen molar-refractivity contribution in [3.05, 3.63) is 0 Å². The Balaban J connectivity index is 1.68. The van der Waals surface area contributed by atoms with Crippen LogP contribution in [0.25, 0.3) is 0 Å². The number of ether oxygens (including phenoxy) is 1. The predicted molar refractivity (Wildman–Crippen MR) is 64.5 cm³/mol. The van der Waals surface area contributed by atoms with Gasteiger partial charge in [-0.15, -0.1) is 0 Å². The number of piperazine rings is 1. The van der Waals surface area contributed by atoms with Crippen molar-refractivity contribution in [1.82, 2.24) is 10.2 Å². The average molecular weight is 235 g/mol. The molecule has 0 amide bonds. The van der Waals surface area contributed by atoms with Gasteiger partial charge in [-0.25, -0.2) is 0 Å². The molecule has 3 rings (SSSR count). The van der Waals surface area contributed by atoms with Crippen LogP contribution in [0.3, 0.4) is 0 Å². The van der Waals surface area contributed by atoms with Crippen LogP contribution in [-0.4, -0.2) is 48.8 Å². The standard InChI is InChI=1S/C13H21N3O/c14-9-12-10-15-5-6-16(12)11-2-7-17-13(8-11)3-1-4-13/h11-12,15H,1-8,10H2. The van der Waals surface area contributed by atoms with Crippen molar-refractivity contribution in [2.24, 2.45) is 0 Å². The van der Waals surface area contributed by atoms with E-state index in [1.165, 1.54) is 19.3 Å². The zero-order valence-electron chi connectivity index (χ0n) is 10.3. The van der Waals surface area contributed by atoms with Crippen molar-refractivity contribution < 1.29 is 4.74 Å². The first-order chi connectivity index (χ1) is 8.33. The van der Waals surface area contributed by atoms with Crippen molar-refractivity contribution in [2.45, 2.75) is 49.8 Å². The fourth-order valence-electron chi connectivity index (χ4n) is 3.48. The molecule has 1 saturated carbocycles. The minimum atomic E-state index is 0.0592. The molecule has 3 fully saturated rings. The summed E-state index contributed by atoms with van der Waals surface area (Å²) in [6, 6.07) is 3.06. The lowest BCUT2D eigenvalue weighted by molar-refractivity contribution is -0.151. The van der Waals surface area contributed by atoms with Gasteiger partial charge in [-0.3, -0.25) is 4.90 Å². The summed E-state index contributed by atoms with van der Waals surface area (Å²) in [5, 5.41) is 12.5. The van der Waals surface area contributed by atoms with Crippen molar-refractivity contribution in [3.63, 3.8) is 0 Å². The molecular formula is C13H21N3O. The highest BCUT2D eigenvalue weighted by atomic mass is 16.5. The van der Waals surface area contributed by atoms with Crippen LogP contribution in [0.4, 0.5) is 0 Å². The molecule has 2 saturated heterocycles. The summed E-state index contributed by atoms with van der Waals surface area (Å²) in [6.45, 7) is 3.73. The zero-order chi connectivity index (χ0) is 11.7. The Hall–Kier alpha value is -0.630. The predicted octanol–water partition coefficient (Wildman–Crippen LogP) is 0.885. The van der Waals surface area contributed by atoms with Crippen LogP contribution >= 0.6 is 0 Å². The molecule has 17 heavy (non-hydrogen) atoms. The van der Waals surface area contributed by atoms with E-state index in [0.717, 1.165) is 39.1 Å². The highest BCUT2D eigenvalue weighted by Crippen LogP contribution is 2.43. The number of rotatable bonds is 1. The van der Waals surface area contributed by atoms with Crippen LogP contribution in [0, 0.1) is 11.3 Å². The smallest absolute Gasteiger partial charge is 0.111 e. The molecule has 3 aliphatic rings. The first-order valence-electron chi connectivity index (χ1n) is 6.83. The molecule has 2 unspecified atom stereocenters.